The largest absolute Gasteiger partial charge is 0.370 e. The van der Waals surface area contributed by atoms with Gasteiger partial charge in [-0.15, -0.1) is 0 Å². The molecule has 1 amide bonds. The summed E-state index contributed by atoms with van der Waals surface area (Å²) < 4.78 is 13.7. The van der Waals surface area contributed by atoms with E-state index in [9.17, 15) is 9.18 Å². The summed E-state index contributed by atoms with van der Waals surface area (Å²) in [7, 11) is 0. The number of nitrogens with zero attached hydrogens (tertiary/aromatic N) is 4. The molecular weight excluding hydrogens is 345 g/mol. The van der Waals surface area contributed by atoms with Crippen LogP contribution in [0.15, 0.2) is 30.6 Å². The minimum atomic E-state index is -0.345. The van der Waals surface area contributed by atoms with Gasteiger partial charge in [0, 0.05) is 44.4 Å². The Morgan fingerprint density at radius 2 is 1.93 bits per heavy atom. The van der Waals surface area contributed by atoms with Gasteiger partial charge in [-0.2, -0.15) is 0 Å². The van der Waals surface area contributed by atoms with E-state index in [4.69, 9.17) is 0 Å². The quantitative estimate of drug-likeness (QED) is 0.876. The van der Waals surface area contributed by atoms with Gasteiger partial charge >= 0.3 is 0 Å². The molecule has 0 spiro atoms. The van der Waals surface area contributed by atoms with Crippen LogP contribution in [0.5, 0.6) is 0 Å². The van der Waals surface area contributed by atoms with Crippen molar-refractivity contribution in [1.82, 2.24) is 14.9 Å². The van der Waals surface area contributed by atoms with E-state index >= 15 is 0 Å². The molecule has 144 valence electrons. The first-order chi connectivity index (χ1) is 12.9. The van der Waals surface area contributed by atoms with Gasteiger partial charge in [0.1, 0.15) is 23.8 Å². The monoisotopic (exact) mass is 371 g/mol. The zero-order valence-corrected chi connectivity index (χ0v) is 16.1. The maximum Gasteiger partial charge on any atom is 0.254 e. The molecule has 1 fully saturated rings. The van der Waals surface area contributed by atoms with Crippen LogP contribution in [0.2, 0.25) is 0 Å². The van der Waals surface area contributed by atoms with Crippen molar-refractivity contribution in [2.45, 2.75) is 20.8 Å². The number of benzene rings is 1. The van der Waals surface area contributed by atoms with E-state index in [2.05, 4.69) is 34.0 Å². The lowest BCUT2D eigenvalue weighted by atomic mass is 10.1. The predicted molar refractivity (Wildman–Crippen MR) is 105 cm³/mol. The van der Waals surface area contributed by atoms with Gasteiger partial charge in [0.05, 0.1) is 0 Å². The highest BCUT2D eigenvalue weighted by atomic mass is 19.1. The number of piperazine rings is 1. The number of rotatable bonds is 5. The number of carbonyl (C=O) groups is 1. The molecule has 1 aromatic heterocycles. The molecule has 0 atom stereocenters. The summed E-state index contributed by atoms with van der Waals surface area (Å²) in [5, 5.41) is 3.30. The molecule has 3 rings (SSSR count). The van der Waals surface area contributed by atoms with Gasteiger partial charge < -0.3 is 15.1 Å². The number of amides is 1. The number of hydrogen-bond donors (Lipinski definition) is 1. The maximum absolute atomic E-state index is 13.7. The normalized spacial score (nSPS) is 14.6. The molecule has 27 heavy (non-hydrogen) atoms. The third-order valence-corrected chi connectivity index (χ3v) is 4.65. The lowest BCUT2D eigenvalue weighted by molar-refractivity contribution is 0.0746. The van der Waals surface area contributed by atoms with Gasteiger partial charge in [0.2, 0.25) is 0 Å². The standard InChI is InChI=1S/C20H26FN5O/c1-14(2)12-22-18-11-19(24-13-23-18)25-6-8-26(9-7-25)20(27)16-5-4-15(3)17(21)10-16/h4-5,10-11,13-14H,6-9,12H2,1-3H3,(H,22,23,24). The summed E-state index contributed by atoms with van der Waals surface area (Å²) in [6, 6.07) is 6.59. The summed E-state index contributed by atoms with van der Waals surface area (Å²) in [6.45, 7) is 9.35. The molecule has 0 bridgehead atoms. The number of aromatic nitrogens is 2. The molecule has 1 aromatic carbocycles. The Hall–Kier alpha value is -2.70. The fourth-order valence-electron chi connectivity index (χ4n) is 2.97. The highest BCUT2D eigenvalue weighted by molar-refractivity contribution is 5.94. The van der Waals surface area contributed by atoms with E-state index in [-0.39, 0.29) is 11.7 Å². The van der Waals surface area contributed by atoms with Crippen LogP contribution in [0.3, 0.4) is 0 Å². The highest BCUT2D eigenvalue weighted by Gasteiger charge is 2.23. The smallest absolute Gasteiger partial charge is 0.254 e. The predicted octanol–water partition coefficient (Wildman–Crippen LogP) is 2.95. The van der Waals surface area contributed by atoms with Crippen molar-refractivity contribution in [3.63, 3.8) is 0 Å². The van der Waals surface area contributed by atoms with E-state index in [1.807, 2.05) is 6.07 Å². The van der Waals surface area contributed by atoms with Crippen molar-refractivity contribution >= 4 is 17.5 Å². The van der Waals surface area contributed by atoms with Crippen LogP contribution in [0.1, 0.15) is 29.8 Å². The van der Waals surface area contributed by atoms with Crippen molar-refractivity contribution in [3.05, 3.63) is 47.5 Å². The van der Waals surface area contributed by atoms with Crippen LogP contribution in [0.25, 0.3) is 0 Å². The Morgan fingerprint density at radius 3 is 2.59 bits per heavy atom. The molecule has 1 aliphatic rings. The summed E-state index contributed by atoms with van der Waals surface area (Å²) in [6.07, 6.45) is 1.56. The van der Waals surface area contributed by atoms with Crippen LogP contribution in [-0.4, -0.2) is 53.5 Å². The van der Waals surface area contributed by atoms with Crippen LogP contribution >= 0.6 is 0 Å². The molecule has 1 saturated heterocycles. The minimum absolute atomic E-state index is 0.129. The second kappa shape index (κ2) is 8.33. The third kappa shape index (κ3) is 4.72. The molecule has 0 saturated carbocycles. The zero-order chi connectivity index (χ0) is 19.4. The first-order valence-corrected chi connectivity index (χ1v) is 9.30. The number of halogens is 1. The first kappa shape index (κ1) is 19.1. The molecule has 0 radical (unpaired) electrons. The highest BCUT2D eigenvalue weighted by Crippen LogP contribution is 2.18. The molecule has 6 nitrogen and oxygen atoms in total. The van der Waals surface area contributed by atoms with Gasteiger partial charge in [-0.05, 0) is 30.5 Å². The second-order valence-corrected chi connectivity index (χ2v) is 7.28. The molecular formula is C20H26FN5O. The Balaban J connectivity index is 1.60. The van der Waals surface area contributed by atoms with Crippen molar-refractivity contribution in [2.24, 2.45) is 5.92 Å². The maximum atomic E-state index is 13.7. The number of carbonyl (C=O) groups excluding carboxylic acids is 1. The lowest BCUT2D eigenvalue weighted by Crippen LogP contribution is -2.49. The van der Waals surface area contributed by atoms with Gasteiger partial charge in [-0.3, -0.25) is 4.79 Å². The van der Waals surface area contributed by atoms with E-state index in [0.717, 1.165) is 18.2 Å². The molecule has 2 heterocycles. The van der Waals surface area contributed by atoms with Crippen molar-refractivity contribution in [1.29, 1.82) is 0 Å². The van der Waals surface area contributed by atoms with Gasteiger partial charge in [0.15, 0.2) is 0 Å². The Kier molecular flexibility index (Phi) is 5.88. The topological polar surface area (TPSA) is 61.4 Å². The van der Waals surface area contributed by atoms with Gasteiger partial charge in [-0.1, -0.05) is 19.9 Å². The molecule has 0 unspecified atom stereocenters. The van der Waals surface area contributed by atoms with E-state index < -0.39 is 0 Å². The molecule has 1 aliphatic heterocycles. The van der Waals surface area contributed by atoms with Crippen molar-refractivity contribution < 1.29 is 9.18 Å². The molecule has 1 N–H and O–H groups in total. The minimum Gasteiger partial charge on any atom is -0.370 e. The van der Waals surface area contributed by atoms with Crippen LogP contribution < -0.4 is 10.2 Å². The van der Waals surface area contributed by atoms with Crippen LogP contribution in [-0.2, 0) is 0 Å². The summed E-state index contributed by atoms with van der Waals surface area (Å²) in [4.78, 5) is 25.1. The average molecular weight is 371 g/mol. The van der Waals surface area contributed by atoms with E-state index in [1.54, 1.807) is 30.3 Å². The summed E-state index contributed by atoms with van der Waals surface area (Å²) >= 11 is 0. The number of hydrogen-bond acceptors (Lipinski definition) is 5. The van der Waals surface area contributed by atoms with E-state index in [0.29, 0.717) is 43.2 Å². The Bertz CT molecular complexity index is 803. The Morgan fingerprint density at radius 1 is 1.19 bits per heavy atom. The lowest BCUT2D eigenvalue weighted by Gasteiger charge is -2.35. The van der Waals surface area contributed by atoms with Crippen LogP contribution in [0, 0.1) is 18.7 Å². The SMILES string of the molecule is Cc1ccc(C(=O)N2CCN(c3cc(NCC(C)C)ncn3)CC2)cc1F. The van der Waals surface area contributed by atoms with E-state index in [1.165, 1.54) is 6.07 Å². The van der Waals surface area contributed by atoms with Crippen molar-refractivity contribution in [2.75, 3.05) is 42.9 Å². The fraction of sp³-hybridized carbons (Fsp3) is 0.450. The summed E-state index contributed by atoms with van der Waals surface area (Å²) in [5.41, 5.74) is 0.941. The first-order valence-electron chi connectivity index (χ1n) is 9.30. The number of aryl methyl sites for hydroxylation is 1. The average Bonchev–Trinajstić information content (AvgIpc) is 2.68. The second-order valence-electron chi connectivity index (χ2n) is 7.28. The molecule has 2 aromatic rings. The van der Waals surface area contributed by atoms with Gasteiger partial charge in [-0.25, -0.2) is 14.4 Å². The summed E-state index contributed by atoms with van der Waals surface area (Å²) in [5.74, 6) is 1.72. The zero-order valence-electron chi connectivity index (χ0n) is 16.1. The third-order valence-electron chi connectivity index (χ3n) is 4.65. The number of anilines is 2. The van der Waals surface area contributed by atoms with Crippen LogP contribution in [0.4, 0.5) is 16.0 Å². The van der Waals surface area contributed by atoms with Gasteiger partial charge in [0.25, 0.3) is 5.91 Å². The Labute approximate surface area is 159 Å². The molecule has 0 aliphatic carbocycles. The molecule has 7 heteroatoms. The fourth-order valence-corrected chi connectivity index (χ4v) is 2.97. The number of nitrogens with one attached hydrogen (secondary N) is 1. The van der Waals surface area contributed by atoms with Crippen molar-refractivity contribution in [3.8, 4) is 0 Å².